The number of carboxylic acid groups (broad SMARTS) is 1. The van der Waals surface area contributed by atoms with E-state index in [1.807, 2.05) is 0 Å². The molecule has 0 aromatic carbocycles. The molecule has 0 radical (unpaired) electrons. The van der Waals surface area contributed by atoms with Gasteiger partial charge in [0.1, 0.15) is 0 Å². The molecule has 0 amide bonds. The van der Waals surface area contributed by atoms with Gasteiger partial charge in [0.05, 0.1) is 6.10 Å². The predicted octanol–water partition coefficient (Wildman–Crippen LogP) is 4.52. The van der Waals surface area contributed by atoms with Gasteiger partial charge < -0.3 is 10.2 Å². The summed E-state index contributed by atoms with van der Waals surface area (Å²) in [6.45, 7) is 2.23. The highest BCUT2D eigenvalue weighted by Gasteiger charge is 2.04. The first-order valence-corrected chi connectivity index (χ1v) is 8.06. The van der Waals surface area contributed by atoms with Crippen molar-refractivity contribution < 1.29 is 15.0 Å². The Morgan fingerprint density at radius 1 is 0.842 bits per heavy atom. The zero-order chi connectivity index (χ0) is 14.3. The molecule has 0 aliphatic heterocycles. The van der Waals surface area contributed by atoms with E-state index >= 15 is 0 Å². The Balaban J connectivity index is 3.16. The van der Waals surface area contributed by atoms with Crippen LogP contribution < -0.4 is 0 Å². The van der Waals surface area contributed by atoms with Crippen molar-refractivity contribution in [2.75, 3.05) is 0 Å². The Bertz CT molecular complexity index is 204. The lowest BCUT2D eigenvalue weighted by Gasteiger charge is -2.10. The van der Waals surface area contributed by atoms with Crippen LogP contribution in [0, 0.1) is 0 Å². The largest absolute Gasteiger partial charge is 0.481 e. The number of aliphatic hydroxyl groups is 1. The third-order valence-electron chi connectivity index (χ3n) is 3.57. The molecule has 0 rings (SSSR count). The summed E-state index contributed by atoms with van der Waals surface area (Å²) < 4.78 is 0. The van der Waals surface area contributed by atoms with Gasteiger partial charge in [0.15, 0.2) is 0 Å². The molecule has 1 unspecified atom stereocenters. The van der Waals surface area contributed by atoms with Gasteiger partial charge in [-0.3, -0.25) is 4.79 Å². The van der Waals surface area contributed by atoms with Crippen LogP contribution in [0.15, 0.2) is 0 Å². The first kappa shape index (κ1) is 18.4. The van der Waals surface area contributed by atoms with Gasteiger partial charge in [0, 0.05) is 6.42 Å². The second kappa shape index (κ2) is 13.9. The van der Waals surface area contributed by atoms with Crippen molar-refractivity contribution in [1.29, 1.82) is 0 Å². The highest BCUT2D eigenvalue weighted by Crippen LogP contribution is 2.13. The Kier molecular flexibility index (Phi) is 13.4. The maximum Gasteiger partial charge on any atom is 0.303 e. The second-order valence-electron chi connectivity index (χ2n) is 5.56. The zero-order valence-electron chi connectivity index (χ0n) is 12.6. The van der Waals surface area contributed by atoms with Gasteiger partial charge in [-0.15, -0.1) is 0 Å². The van der Waals surface area contributed by atoms with Gasteiger partial charge >= 0.3 is 5.97 Å². The molecule has 0 aliphatic rings. The van der Waals surface area contributed by atoms with Gasteiger partial charge in [-0.25, -0.2) is 0 Å². The first-order chi connectivity index (χ1) is 9.16. The maximum absolute atomic E-state index is 10.3. The molecule has 0 spiro atoms. The maximum atomic E-state index is 10.3. The fourth-order valence-corrected chi connectivity index (χ4v) is 2.31. The molecule has 3 heteroatoms. The Labute approximate surface area is 118 Å². The summed E-state index contributed by atoms with van der Waals surface area (Å²) in [6.07, 6.45) is 13.4. The van der Waals surface area contributed by atoms with E-state index in [-0.39, 0.29) is 12.5 Å². The standard InChI is InChI=1S/C16H32O3/c1-2-3-4-5-6-7-9-12-15(17)13-10-8-11-14-16(18)19/h15,17H,2-14H2,1H3,(H,18,19). The molecule has 1 atom stereocenters. The van der Waals surface area contributed by atoms with E-state index in [9.17, 15) is 9.90 Å². The van der Waals surface area contributed by atoms with E-state index in [4.69, 9.17) is 5.11 Å². The molecule has 2 N–H and O–H groups in total. The fraction of sp³-hybridized carbons (Fsp3) is 0.938. The summed E-state index contributed by atoms with van der Waals surface area (Å²) in [6, 6.07) is 0. The van der Waals surface area contributed by atoms with Crippen molar-refractivity contribution in [2.45, 2.75) is 96.5 Å². The van der Waals surface area contributed by atoms with Crippen LogP contribution in [0.3, 0.4) is 0 Å². The van der Waals surface area contributed by atoms with Crippen LogP contribution in [0.25, 0.3) is 0 Å². The minimum absolute atomic E-state index is 0.180. The van der Waals surface area contributed by atoms with Crippen molar-refractivity contribution in [3.8, 4) is 0 Å². The van der Waals surface area contributed by atoms with E-state index in [1.54, 1.807) is 0 Å². The van der Waals surface area contributed by atoms with Crippen molar-refractivity contribution in [2.24, 2.45) is 0 Å². The van der Waals surface area contributed by atoms with Crippen LogP contribution in [0.5, 0.6) is 0 Å². The van der Waals surface area contributed by atoms with Gasteiger partial charge in [0.25, 0.3) is 0 Å². The molecule has 3 nitrogen and oxygen atoms in total. The first-order valence-electron chi connectivity index (χ1n) is 8.06. The number of carbonyl (C=O) groups is 1. The van der Waals surface area contributed by atoms with Crippen molar-refractivity contribution in [1.82, 2.24) is 0 Å². The Morgan fingerprint density at radius 3 is 1.84 bits per heavy atom. The second-order valence-corrected chi connectivity index (χ2v) is 5.56. The highest BCUT2D eigenvalue weighted by atomic mass is 16.4. The van der Waals surface area contributed by atoms with Crippen LogP contribution in [0.1, 0.15) is 90.4 Å². The number of hydrogen-bond acceptors (Lipinski definition) is 2. The van der Waals surface area contributed by atoms with E-state index < -0.39 is 5.97 Å². The average Bonchev–Trinajstić information content (AvgIpc) is 2.37. The number of unbranched alkanes of at least 4 members (excludes halogenated alkanes) is 8. The fourth-order valence-electron chi connectivity index (χ4n) is 2.31. The molecule has 0 aromatic rings. The number of hydrogen-bond donors (Lipinski definition) is 2. The van der Waals surface area contributed by atoms with Crippen molar-refractivity contribution in [3.05, 3.63) is 0 Å². The minimum Gasteiger partial charge on any atom is -0.481 e. The highest BCUT2D eigenvalue weighted by molar-refractivity contribution is 5.66. The van der Waals surface area contributed by atoms with Crippen molar-refractivity contribution >= 4 is 5.97 Å². The summed E-state index contributed by atoms with van der Waals surface area (Å²) in [7, 11) is 0. The summed E-state index contributed by atoms with van der Waals surface area (Å²) in [5.41, 5.74) is 0. The molecule has 0 aromatic heterocycles. The topological polar surface area (TPSA) is 57.5 Å². The lowest BCUT2D eigenvalue weighted by atomic mass is 10.0. The number of aliphatic hydroxyl groups excluding tert-OH is 1. The molecular weight excluding hydrogens is 240 g/mol. The van der Waals surface area contributed by atoms with E-state index in [0.717, 1.165) is 38.5 Å². The van der Waals surface area contributed by atoms with Gasteiger partial charge in [-0.1, -0.05) is 64.7 Å². The van der Waals surface area contributed by atoms with Crippen LogP contribution in [-0.4, -0.2) is 22.3 Å². The van der Waals surface area contributed by atoms with E-state index in [0.29, 0.717) is 0 Å². The third kappa shape index (κ3) is 15.4. The lowest BCUT2D eigenvalue weighted by Crippen LogP contribution is -2.06. The van der Waals surface area contributed by atoms with E-state index in [2.05, 4.69) is 6.92 Å². The molecule has 19 heavy (non-hydrogen) atoms. The predicted molar refractivity (Wildman–Crippen MR) is 79.3 cm³/mol. The molecule has 0 fully saturated rings. The number of aliphatic carboxylic acids is 1. The normalized spacial score (nSPS) is 12.5. The zero-order valence-corrected chi connectivity index (χ0v) is 12.6. The molecule has 0 heterocycles. The summed E-state index contributed by atoms with van der Waals surface area (Å²) in [4.78, 5) is 10.3. The van der Waals surface area contributed by atoms with Gasteiger partial charge in [-0.05, 0) is 19.3 Å². The van der Waals surface area contributed by atoms with Crippen LogP contribution in [0.2, 0.25) is 0 Å². The third-order valence-corrected chi connectivity index (χ3v) is 3.57. The summed E-state index contributed by atoms with van der Waals surface area (Å²) >= 11 is 0. The Hall–Kier alpha value is -0.570. The molecule has 0 saturated heterocycles. The summed E-state index contributed by atoms with van der Waals surface area (Å²) in [5, 5.41) is 18.3. The van der Waals surface area contributed by atoms with E-state index in [1.165, 1.54) is 38.5 Å². The van der Waals surface area contributed by atoms with Gasteiger partial charge in [-0.2, -0.15) is 0 Å². The molecule has 0 aliphatic carbocycles. The average molecular weight is 272 g/mol. The Morgan fingerprint density at radius 2 is 1.32 bits per heavy atom. The summed E-state index contributed by atoms with van der Waals surface area (Å²) in [5.74, 6) is -0.719. The quantitative estimate of drug-likeness (QED) is 0.457. The molecule has 114 valence electrons. The molecular formula is C16H32O3. The van der Waals surface area contributed by atoms with Crippen LogP contribution in [0.4, 0.5) is 0 Å². The van der Waals surface area contributed by atoms with Crippen LogP contribution >= 0.6 is 0 Å². The number of rotatable bonds is 14. The molecule has 0 bridgehead atoms. The molecule has 0 saturated carbocycles. The smallest absolute Gasteiger partial charge is 0.303 e. The SMILES string of the molecule is CCCCCCCCCC(O)CCCCCC(=O)O. The lowest BCUT2D eigenvalue weighted by molar-refractivity contribution is -0.137. The van der Waals surface area contributed by atoms with Crippen LogP contribution in [-0.2, 0) is 4.79 Å². The monoisotopic (exact) mass is 272 g/mol. The van der Waals surface area contributed by atoms with Crippen molar-refractivity contribution in [3.63, 3.8) is 0 Å². The van der Waals surface area contributed by atoms with Gasteiger partial charge in [0.2, 0.25) is 0 Å². The number of carboxylic acids is 1. The minimum atomic E-state index is -0.719.